The average Bonchev–Trinajstić information content (AvgIpc) is 2.96. The molecule has 1 aromatic heterocycles. The van der Waals surface area contributed by atoms with E-state index in [4.69, 9.17) is 9.84 Å². The zero-order valence-electron chi connectivity index (χ0n) is 10.0. The molecule has 0 aliphatic carbocycles. The molecule has 0 spiro atoms. The molecule has 1 aliphatic rings. The van der Waals surface area contributed by atoms with Gasteiger partial charge in [0, 0.05) is 26.0 Å². The Balaban J connectivity index is 2.19. The summed E-state index contributed by atoms with van der Waals surface area (Å²) < 4.78 is 7.25. The van der Waals surface area contributed by atoms with Crippen molar-refractivity contribution in [2.45, 2.75) is 19.5 Å². The maximum Gasteiger partial charge on any atom is 0.311 e. The Labute approximate surface area is 99.8 Å². The van der Waals surface area contributed by atoms with Crippen LogP contribution in [0.4, 0.5) is 5.95 Å². The number of imidazole rings is 1. The molecule has 17 heavy (non-hydrogen) atoms. The molecule has 6 nitrogen and oxygen atoms in total. The number of likely N-dealkylation sites (N-methyl/N-ethyl adjacent to an activating group) is 1. The van der Waals surface area contributed by atoms with Gasteiger partial charge in [-0.25, -0.2) is 4.98 Å². The first kappa shape index (κ1) is 11.9. The Morgan fingerprint density at radius 1 is 1.71 bits per heavy atom. The van der Waals surface area contributed by atoms with Crippen molar-refractivity contribution in [1.82, 2.24) is 9.55 Å². The second kappa shape index (κ2) is 4.75. The second-order valence-electron chi connectivity index (χ2n) is 4.17. The molecule has 0 saturated carbocycles. The molecule has 1 aliphatic heterocycles. The van der Waals surface area contributed by atoms with Gasteiger partial charge in [0.05, 0.1) is 19.3 Å². The van der Waals surface area contributed by atoms with Gasteiger partial charge in [-0.15, -0.1) is 0 Å². The largest absolute Gasteiger partial charge is 0.481 e. The first-order valence-electron chi connectivity index (χ1n) is 5.69. The molecular formula is C11H17N3O3. The smallest absolute Gasteiger partial charge is 0.311 e. The van der Waals surface area contributed by atoms with E-state index in [9.17, 15) is 4.79 Å². The Bertz CT molecular complexity index is 404. The molecule has 0 bridgehead atoms. The highest BCUT2D eigenvalue weighted by Gasteiger charge is 2.37. The number of carbonyl (C=O) groups is 1. The quantitative estimate of drug-likeness (QED) is 0.825. The van der Waals surface area contributed by atoms with Gasteiger partial charge >= 0.3 is 5.97 Å². The Morgan fingerprint density at radius 3 is 3.12 bits per heavy atom. The molecular weight excluding hydrogens is 222 g/mol. The molecule has 1 saturated heterocycles. The lowest BCUT2D eigenvalue weighted by Crippen LogP contribution is -2.42. The van der Waals surface area contributed by atoms with Crippen molar-refractivity contribution >= 4 is 11.9 Å². The van der Waals surface area contributed by atoms with Gasteiger partial charge in [0.2, 0.25) is 5.95 Å². The van der Waals surface area contributed by atoms with E-state index in [0.29, 0.717) is 6.61 Å². The molecule has 2 atom stereocenters. The lowest BCUT2D eigenvalue weighted by Gasteiger charge is -2.27. The van der Waals surface area contributed by atoms with Gasteiger partial charge in [-0.05, 0) is 6.92 Å². The number of anilines is 1. The van der Waals surface area contributed by atoms with Crippen molar-refractivity contribution in [1.29, 1.82) is 0 Å². The molecule has 2 heterocycles. The van der Waals surface area contributed by atoms with Crippen LogP contribution in [-0.4, -0.2) is 46.9 Å². The van der Waals surface area contributed by atoms with Crippen molar-refractivity contribution in [3.8, 4) is 0 Å². The van der Waals surface area contributed by atoms with Gasteiger partial charge in [0.15, 0.2) is 0 Å². The molecule has 1 fully saturated rings. The second-order valence-corrected chi connectivity index (χ2v) is 4.17. The molecule has 0 radical (unpaired) electrons. The standard InChI is InChI=1S/C11H17N3O3/c1-3-14-5-4-12-11(14)13(2)9-7-17-6-8(9)10(15)16/h4-5,8-9H,3,6-7H2,1-2H3,(H,15,16). The molecule has 1 N–H and O–H groups in total. The first-order chi connectivity index (χ1) is 8.15. The van der Waals surface area contributed by atoms with Crippen LogP contribution in [0.25, 0.3) is 0 Å². The van der Waals surface area contributed by atoms with Crippen molar-refractivity contribution in [3.63, 3.8) is 0 Å². The third-order valence-corrected chi connectivity index (χ3v) is 3.21. The number of carboxylic acid groups (broad SMARTS) is 1. The highest BCUT2D eigenvalue weighted by Crippen LogP contribution is 2.23. The average molecular weight is 239 g/mol. The van der Waals surface area contributed by atoms with E-state index in [-0.39, 0.29) is 12.6 Å². The summed E-state index contributed by atoms with van der Waals surface area (Å²) in [6.07, 6.45) is 3.61. The van der Waals surface area contributed by atoms with Crippen molar-refractivity contribution in [2.24, 2.45) is 5.92 Å². The third-order valence-electron chi connectivity index (χ3n) is 3.21. The fraction of sp³-hybridized carbons (Fsp3) is 0.636. The zero-order valence-corrected chi connectivity index (χ0v) is 10.0. The van der Waals surface area contributed by atoms with E-state index in [2.05, 4.69) is 4.98 Å². The van der Waals surface area contributed by atoms with Crippen LogP contribution < -0.4 is 4.90 Å². The summed E-state index contributed by atoms with van der Waals surface area (Å²) in [4.78, 5) is 17.3. The lowest BCUT2D eigenvalue weighted by atomic mass is 10.0. The van der Waals surface area contributed by atoms with Crippen LogP contribution >= 0.6 is 0 Å². The van der Waals surface area contributed by atoms with E-state index in [0.717, 1.165) is 12.5 Å². The lowest BCUT2D eigenvalue weighted by molar-refractivity contribution is -0.141. The highest BCUT2D eigenvalue weighted by molar-refractivity contribution is 5.72. The number of nitrogens with zero attached hydrogens (tertiary/aromatic N) is 3. The number of aliphatic carboxylic acids is 1. The maximum absolute atomic E-state index is 11.1. The van der Waals surface area contributed by atoms with Gasteiger partial charge in [-0.2, -0.15) is 0 Å². The Morgan fingerprint density at radius 2 is 2.47 bits per heavy atom. The molecule has 2 unspecified atom stereocenters. The van der Waals surface area contributed by atoms with Gasteiger partial charge in [0.25, 0.3) is 0 Å². The van der Waals surface area contributed by atoms with Crippen LogP contribution in [0, 0.1) is 5.92 Å². The van der Waals surface area contributed by atoms with Gasteiger partial charge in [0.1, 0.15) is 5.92 Å². The number of aryl methyl sites for hydroxylation is 1. The van der Waals surface area contributed by atoms with Crippen molar-refractivity contribution in [3.05, 3.63) is 12.4 Å². The van der Waals surface area contributed by atoms with E-state index < -0.39 is 11.9 Å². The van der Waals surface area contributed by atoms with E-state index in [1.165, 1.54) is 0 Å². The number of hydrogen-bond donors (Lipinski definition) is 1. The van der Waals surface area contributed by atoms with Crippen LogP contribution in [-0.2, 0) is 16.1 Å². The third kappa shape index (κ3) is 2.12. The molecule has 1 aromatic rings. The molecule has 6 heteroatoms. The van der Waals surface area contributed by atoms with Crippen LogP contribution in [0.2, 0.25) is 0 Å². The van der Waals surface area contributed by atoms with E-state index >= 15 is 0 Å². The Kier molecular flexibility index (Phi) is 3.33. The predicted octanol–water partition coefficient (Wildman–Crippen LogP) is 0.439. The van der Waals surface area contributed by atoms with Crippen molar-refractivity contribution < 1.29 is 14.6 Å². The zero-order chi connectivity index (χ0) is 12.4. The fourth-order valence-corrected chi connectivity index (χ4v) is 2.17. The van der Waals surface area contributed by atoms with Gasteiger partial charge in [-0.1, -0.05) is 0 Å². The number of ether oxygens (including phenoxy) is 1. The normalized spacial score (nSPS) is 23.9. The monoisotopic (exact) mass is 239 g/mol. The summed E-state index contributed by atoms with van der Waals surface area (Å²) >= 11 is 0. The minimum Gasteiger partial charge on any atom is -0.481 e. The van der Waals surface area contributed by atoms with Crippen LogP contribution in [0.5, 0.6) is 0 Å². The summed E-state index contributed by atoms with van der Waals surface area (Å²) in [5, 5.41) is 9.12. The SMILES string of the molecule is CCn1ccnc1N(C)C1COCC1C(=O)O. The van der Waals surface area contributed by atoms with Gasteiger partial charge < -0.3 is 19.3 Å². The molecule has 0 amide bonds. The van der Waals surface area contributed by atoms with Crippen molar-refractivity contribution in [2.75, 3.05) is 25.2 Å². The number of carboxylic acids is 1. The number of aromatic nitrogens is 2. The van der Waals surface area contributed by atoms with E-state index in [1.54, 1.807) is 6.20 Å². The fourth-order valence-electron chi connectivity index (χ4n) is 2.17. The molecule has 2 rings (SSSR count). The topological polar surface area (TPSA) is 67.6 Å². The minimum atomic E-state index is -0.811. The summed E-state index contributed by atoms with van der Waals surface area (Å²) in [6, 6.07) is -0.153. The van der Waals surface area contributed by atoms with Crippen LogP contribution in [0.15, 0.2) is 12.4 Å². The van der Waals surface area contributed by atoms with Crippen LogP contribution in [0.3, 0.4) is 0 Å². The van der Waals surface area contributed by atoms with Crippen LogP contribution in [0.1, 0.15) is 6.92 Å². The predicted molar refractivity (Wildman–Crippen MR) is 62.0 cm³/mol. The van der Waals surface area contributed by atoms with E-state index in [1.807, 2.05) is 29.6 Å². The summed E-state index contributed by atoms with van der Waals surface area (Å²) in [6.45, 7) is 3.55. The summed E-state index contributed by atoms with van der Waals surface area (Å²) in [5.74, 6) is -0.509. The first-order valence-corrected chi connectivity index (χ1v) is 5.69. The maximum atomic E-state index is 11.1. The minimum absolute atomic E-state index is 0.153. The Hall–Kier alpha value is -1.56. The summed E-state index contributed by atoms with van der Waals surface area (Å²) in [5.41, 5.74) is 0. The number of rotatable bonds is 4. The number of hydrogen-bond acceptors (Lipinski definition) is 4. The molecule has 94 valence electrons. The van der Waals surface area contributed by atoms with Gasteiger partial charge in [-0.3, -0.25) is 4.79 Å². The highest BCUT2D eigenvalue weighted by atomic mass is 16.5. The molecule has 0 aromatic carbocycles. The summed E-state index contributed by atoms with van der Waals surface area (Å²) in [7, 11) is 1.86.